The van der Waals surface area contributed by atoms with Crippen LogP contribution in [0.2, 0.25) is 5.02 Å². The molecule has 0 amide bonds. The van der Waals surface area contributed by atoms with Gasteiger partial charge in [-0.15, -0.1) is 0 Å². The van der Waals surface area contributed by atoms with Gasteiger partial charge in [0.15, 0.2) is 0 Å². The van der Waals surface area contributed by atoms with Crippen LogP contribution in [0.25, 0.3) is 5.70 Å². The lowest BCUT2D eigenvalue weighted by Crippen LogP contribution is -1.99. The van der Waals surface area contributed by atoms with Gasteiger partial charge in [0.1, 0.15) is 5.75 Å². The van der Waals surface area contributed by atoms with Gasteiger partial charge < -0.3 is 9.67 Å². The lowest BCUT2D eigenvalue weighted by atomic mass is 10.00. The van der Waals surface area contributed by atoms with Gasteiger partial charge in [0.05, 0.1) is 17.0 Å². The molecule has 0 fully saturated rings. The second-order valence-corrected chi connectivity index (χ2v) is 4.35. The third-order valence-electron chi connectivity index (χ3n) is 2.88. The molecule has 1 heterocycles. The van der Waals surface area contributed by atoms with E-state index in [9.17, 15) is 5.11 Å². The van der Waals surface area contributed by atoms with E-state index < -0.39 is 0 Å². The van der Waals surface area contributed by atoms with Gasteiger partial charge in [0.25, 0.3) is 0 Å². The number of imidazole rings is 1. The third-order valence-corrected chi connectivity index (χ3v) is 3.17. The topological polar surface area (TPSA) is 38.0 Å². The average molecular weight is 249 g/mol. The zero-order chi connectivity index (χ0) is 12.6. The Kier molecular flexibility index (Phi) is 2.94. The van der Waals surface area contributed by atoms with E-state index >= 15 is 0 Å². The molecule has 1 aromatic carbocycles. The number of benzene rings is 1. The number of phenolic OH excluding ortho intramolecular Hbond substituents is 1. The Morgan fingerprint density at radius 2 is 2.18 bits per heavy atom. The maximum absolute atomic E-state index is 10.0. The van der Waals surface area contributed by atoms with Gasteiger partial charge in [-0.25, -0.2) is 4.98 Å². The lowest BCUT2D eigenvalue weighted by molar-refractivity contribution is 0.472. The van der Waals surface area contributed by atoms with E-state index in [4.69, 9.17) is 11.6 Å². The van der Waals surface area contributed by atoms with Gasteiger partial charge in [-0.1, -0.05) is 18.2 Å². The van der Waals surface area contributed by atoms with E-state index in [0.717, 1.165) is 11.1 Å². The van der Waals surface area contributed by atoms with E-state index in [0.29, 0.717) is 16.3 Å². The van der Waals surface area contributed by atoms with E-state index in [2.05, 4.69) is 11.6 Å². The van der Waals surface area contributed by atoms with Gasteiger partial charge in [0.2, 0.25) is 0 Å². The molecule has 0 bridgehead atoms. The van der Waals surface area contributed by atoms with Crippen LogP contribution in [-0.4, -0.2) is 14.7 Å². The Balaban J connectivity index is 2.63. The summed E-state index contributed by atoms with van der Waals surface area (Å²) >= 11 is 5.98. The van der Waals surface area contributed by atoms with Crippen molar-refractivity contribution >= 4 is 17.3 Å². The van der Waals surface area contributed by atoms with Gasteiger partial charge in [-0.05, 0) is 31.0 Å². The summed E-state index contributed by atoms with van der Waals surface area (Å²) < 4.78 is 1.75. The number of hydrogen-bond donors (Lipinski definition) is 1. The molecular formula is C13H13ClN2O. The maximum Gasteiger partial charge on any atom is 0.143 e. The van der Waals surface area contributed by atoms with Crippen LogP contribution in [0.3, 0.4) is 0 Å². The number of rotatable bonds is 2. The first-order chi connectivity index (χ1) is 8.02. The van der Waals surface area contributed by atoms with E-state index in [1.807, 2.05) is 13.8 Å². The molecule has 17 heavy (non-hydrogen) atoms. The predicted molar refractivity (Wildman–Crippen MR) is 69.2 cm³/mol. The summed E-state index contributed by atoms with van der Waals surface area (Å²) in [5.41, 5.74) is 3.30. The van der Waals surface area contributed by atoms with Crippen molar-refractivity contribution in [1.29, 1.82) is 0 Å². The molecule has 1 N–H and O–H groups in total. The zero-order valence-corrected chi connectivity index (χ0v) is 10.5. The highest BCUT2D eigenvalue weighted by molar-refractivity contribution is 6.32. The van der Waals surface area contributed by atoms with Crippen LogP contribution in [0.4, 0.5) is 0 Å². The van der Waals surface area contributed by atoms with Crippen molar-refractivity contribution in [2.75, 3.05) is 0 Å². The highest BCUT2D eigenvalue weighted by Gasteiger charge is 2.15. The first-order valence-corrected chi connectivity index (χ1v) is 5.56. The number of halogens is 1. The number of phenols is 1. The quantitative estimate of drug-likeness (QED) is 0.885. The Morgan fingerprint density at radius 1 is 1.47 bits per heavy atom. The summed E-state index contributed by atoms with van der Waals surface area (Å²) in [5, 5.41) is 10.4. The van der Waals surface area contributed by atoms with Crippen LogP contribution in [0.1, 0.15) is 16.7 Å². The molecule has 3 nitrogen and oxygen atoms in total. The third kappa shape index (κ3) is 1.94. The molecular weight excluding hydrogens is 236 g/mol. The predicted octanol–water partition coefficient (Wildman–Crippen LogP) is 3.38. The number of aryl methyl sites for hydroxylation is 1. The van der Waals surface area contributed by atoms with Crippen LogP contribution >= 0.6 is 11.6 Å². The highest BCUT2D eigenvalue weighted by Crippen LogP contribution is 2.36. The zero-order valence-electron chi connectivity index (χ0n) is 9.74. The van der Waals surface area contributed by atoms with Crippen LogP contribution in [0.15, 0.2) is 31.4 Å². The molecule has 0 atom stereocenters. The minimum absolute atomic E-state index is 0.0634. The first-order valence-electron chi connectivity index (χ1n) is 5.18. The summed E-state index contributed by atoms with van der Waals surface area (Å²) in [7, 11) is 0. The fourth-order valence-electron chi connectivity index (χ4n) is 1.76. The van der Waals surface area contributed by atoms with Gasteiger partial charge in [0, 0.05) is 18.0 Å². The monoisotopic (exact) mass is 248 g/mol. The standard InChI is InChI=1S/C13H13ClN2O/c1-8-6-11(14)13(17)12(9(8)2)10(3)16-5-4-15-7-16/h4-7,17H,3H2,1-2H3. The van der Waals surface area contributed by atoms with Crippen LogP contribution in [0.5, 0.6) is 5.75 Å². The van der Waals surface area contributed by atoms with E-state index in [1.165, 1.54) is 0 Å². The fourth-order valence-corrected chi connectivity index (χ4v) is 2.02. The van der Waals surface area contributed by atoms with Crippen LogP contribution in [-0.2, 0) is 0 Å². The number of aromatic nitrogens is 2. The van der Waals surface area contributed by atoms with Crippen molar-refractivity contribution in [2.24, 2.45) is 0 Å². The van der Waals surface area contributed by atoms with E-state index in [-0.39, 0.29) is 5.75 Å². The van der Waals surface area contributed by atoms with Crippen molar-refractivity contribution in [3.63, 3.8) is 0 Å². The minimum Gasteiger partial charge on any atom is -0.506 e. The van der Waals surface area contributed by atoms with Crippen molar-refractivity contribution in [1.82, 2.24) is 9.55 Å². The molecule has 88 valence electrons. The second-order valence-electron chi connectivity index (χ2n) is 3.94. The molecule has 4 heteroatoms. The number of aromatic hydroxyl groups is 1. The second kappa shape index (κ2) is 4.26. The van der Waals surface area contributed by atoms with Crippen molar-refractivity contribution in [3.8, 4) is 5.75 Å². The van der Waals surface area contributed by atoms with Crippen molar-refractivity contribution in [3.05, 3.63) is 53.1 Å². The Morgan fingerprint density at radius 3 is 2.76 bits per heavy atom. The summed E-state index contributed by atoms with van der Waals surface area (Å²) in [6.45, 7) is 7.86. The molecule has 0 aliphatic heterocycles. The van der Waals surface area contributed by atoms with Gasteiger partial charge >= 0.3 is 0 Å². The molecule has 0 unspecified atom stereocenters. The molecule has 0 saturated carbocycles. The van der Waals surface area contributed by atoms with Crippen LogP contribution < -0.4 is 0 Å². The molecule has 0 radical (unpaired) electrons. The number of nitrogens with zero attached hydrogens (tertiary/aromatic N) is 2. The molecule has 0 spiro atoms. The SMILES string of the molecule is C=C(c1c(C)c(C)cc(Cl)c1O)n1ccnc1. The van der Waals surface area contributed by atoms with Crippen LogP contribution in [0, 0.1) is 13.8 Å². The van der Waals surface area contributed by atoms with Gasteiger partial charge in [-0.2, -0.15) is 0 Å². The first kappa shape index (κ1) is 11.7. The lowest BCUT2D eigenvalue weighted by Gasteiger charge is -2.15. The molecule has 2 rings (SSSR count). The Labute approximate surface area is 105 Å². The highest BCUT2D eigenvalue weighted by atomic mass is 35.5. The van der Waals surface area contributed by atoms with E-state index in [1.54, 1.807) is 29.4 Å². The maximum atomic E-state index is 10.0. The summed E-state index contributed by atoms with van der Waals surface area (Å²) in [4.78, 5) is 3.96. The molecule has 1 aromatic heterocycles. The summed E-state index contributed by atoms with van der Waals surface area (Å²) in [6, 6.07) is 1.75. The summed E-state index contributed by atoms with van der Waals surface area (Å²) in [5.74, 6) is 0.0634. The average Bonchev–Trinajstić information content (AvgIpc) is 2.80. The molecule has 0 aliphatic carbocycles. The Bertz CT molecular complexity index is 547. The number of hydrogen-bond acceptors (Lipinski definition) is 2. The Hall–Kier alpha value is -1.74. The van der Waals surface area contributed by atoms with Crippen molar-refractivity contribution in [2.45, 2.75) is 13.8 Å². The molecule has 2 aromatic rings. The van der Waals surface area contributed by atoms with Crippen molar-refractivity contribution < 1.29 is 5.11 Å². The minimum atomic E-state index is 0.0634. The summed E-state index contributed by atoms with van der Waals surface area (Å²) in [6.07, 6.45) is 5.07. The largest absolute Gasteiger partial charge is 0.506 e. The fraction of sp³-hybridized carbons (Fsp3) is 0.154. The molecule has 0 saturated heterocycles. The van der Waals surface area contributed by atoms with Gasteiger partial charge in [-0.3, -0.25) is 0 Å². The normalized spacial score (nSPS) is 10.5. The molecule has 0 aliphatic rings. The smallest absolute Gasteiger partial charge is 0.143 e.